The van der Waals surface area contributed by atoms with Gasteiger partial charge in [-0.3, -0.25) is 4.98 Å². The molecule has 0 spiro atoms. The lowest BCUT2D eigenvalue weighted by Crippen LogP contribution is -2.36. The SMILES string of the molecule is c1nc(CC2CCC(Oc3cc(N4CCOCC4)cc4nccnc34)CC2)cc(-c2nnco2)n1. The van der Waals surface area contributed by atoms with Crippen LogP contribution in [0.4, 0.5) is 5.69 Å². The Morgan fingerprint density at radius 2 is 1.80 bits per heavy atom. The zero-order valence-corrected chi connectivity index (χ0v) is 19.4. The fourth-order valence-corrected chi connectivity index (χ4v) is 4.96. The van der Waals surface area contributed by atoms with E-state index in [4.69, 9.17) is 13.9 Å². The van der Waals surface area contributed by atoms with E-state index >= 15 is 0 Å². The van der Waals surface area contributed by atoms with E-state index in [1.54, 1.807) is 18.7 Å². The summed E-state index contributed by atoms with van der Waals surface area (Å²) >= 11 is 0. The molecule has 4 aromatic rings. The minimum Gasteiger partial charge on any atom is -0.488 e. The summed E-state index contributed by atoms with van der Waals surface area (Å²) in [5.41, 5.74) is 4.46. The predicted octanol–water partition coefficient (Wildman–Crippen LogP) is 3.49. The number of rotatable bonds is 6. The molecule has 0 N–H and O–H groups in total. The third-order valence-corrected chi connectivity index (χ3v) is 6.79. The Kier molecular flexibility index (Phi) is 6.18. The van der Waals surface area contributed by atoms with Gasteiger partial charge in [0.1, 0.15) is 23.3 Å². The van der Waals surface area contributed by atoms with Gasteiger partial charge in [-0.05, 0) is 50.2 Å². The molecule has 10 nitrogen and oxygen atoms in total. The van der Waals surface area contributed by atoms with Gasteiger partial charge in [0.2, 0.25) is 6.39 Å². The van der Waals surface area contributed by atoms with Gasteiger partial charge in [0.05, 0.1) is 24.8 Å². The van der Waals surface area contributed by atoms with E-state index < -0.39 is 0 Å². The molecule has 1 saturated carbocycles. The van der Waals surface area contributed by atoms with Crippen molar-refractivity contribution in [2.45, 2.75) is 38.2 Å². The van der Waals surface area contributed by atoms with Gasteiger partial charge < -0.3 is 18.8 Å². The minimum absolute atomic E-state index is 0.163. The second kappa shape index (κ2) is 9.91. The second-order valence-corrected chi connectivity index (χ2v) is 9.07. The van der Waals surface area contributed by atoms with Crippen LogP contribution in [-0.4, -0.2) is 62.5 Å². The third kappa shape index (κ3) is 4.93. The molecular formula is C25H27N7O3. The fraction of sp³-hybridized carbons (Fsp3) is 0.440. The first-order valence-corrected chi connectivity index (χ1v) is 12.1. The maximum atomic E-state index is 6.55. The van der Waals surface area contributed by atoms with Gasteiger partial charge >= 0.3 is 0 Å². The van der Waals surface area contributed by atoms with Gasteiger partial charge in [-0.25, -0.2) is 15.0 Å². The van der Waals surface area contributed by atoms with Gasteiger partial charge in [-0.1, -0.05) is 0 Å². The number of ether oxygens (including phenoxy) is 2. The van der Waals surface area contributed by atoms with Crippen molar-refractivity contribution in [1.29, 1.82) is 0 Å². The highest BCUT2D eigenvalue weighted by molar-refractivity contribution is 5.85. The molecule has 2 aliphatic rings. The molecule has 1 saturated heterocycles. The van der Waals surface area contributed by atoms with Crippen LogP contribution in [0.2, 0.25) is 0 Å². The standard InChI is InChI=1S/C25H27N7O3/c1-3-20(4-2-17(1)11-18-12-22(29-15-28-18)25-31-30-16-34-25)35-23-14-19(32-7-9-33-10-8-32)13-21-24(23)27-6-5-26-21/h5-6,12-17,20H,1-4,7-11H2. The van der Waals surface area contributed by atoms with Crippen molar-refractivity contribution >= 4 is 16.7 Å². The van der Waals surface area contributed by atoms with Crippen LogP contribution < -0.4 is 9.64 Å². The minimum atomic E-state index is 0.163. The van der Waals surface area contributed by atoms with Crippen LogP contribution in [0.15, 0.2) is 47.7 Å². The molecule has 1 aliphatic carbocycles. The van der Waals surface area contributed by atoms with Crippen molar-refractivity contribution < 1.29 is 13.9 Å². The Morgan fingerprint density at radius 3 is 2.63 bits per heavy atom. The maximum absolute atomic E-state index is 6.55. The van der Waals surface area contributed by atoms with E-state index in [9.17, 15) is 0 Å². The number of morpholine rings is 1. The lowest BCUT2D eigenvalue weighted by molar-refractivity contribution is 0.122. The number of hydrogen-bond acceptors (Lipinski definition) is 10. The number of hydrogen-bond donors (Lipinski definition) is 0. The normalized spacial score (nSPS) is 20.7. The monoisotopic (exact) mass is 473 g/mol. The van der Waals surface area contributed by atoms with Crippen LogP contribution in [0.5, 0.6) is 5.75 Å². The lowest BCUT2D eigenvalue weighted by atomic mass is 9.84. The van der Waals surface area contributed by atoms with Crippen molar-refractivity contribution in [3.63, 3.8) is 0 Å². The summed E-state index contributed by atoms with van der Waals surface area (Å²) in [5.74, 6) is 1.79. The summed E-state index contributed by atoms with van der Waals surface area (Å²) in [6.45, 7) is 3.21. The molecule has 180 valence electrons. The third-order valence-electron chi connectivity index (χ3n) is 6.79. The smallest absolute Gasteiger partial charge is 0.266 e. The highest BCUT2D eigenvalue weighted by Gasteiger charge is 2.25. The van der Waals surface area contributed by atoms with Gasteiger partial charge in [0, 0.05) is 42.9 Å². The largest absolute Gasteiger partial charge is 0.488 e. The summed E-state index contributed by atoms with van der Waals surface area (Å²) < 4.78 is 17.3. The first-order valence-electron chi connectivity index (χ1n) is 12.1. The highest BCUT2D eigenvalue weighted by atomic mass is 16.5. The first kappa shape index (κ1) is 21.8. The number of nitrogens with zero attached hydrogens (tertiary/aromatic N) is 7. The predicted molar refractivity (Wildman–Crippen MR) is 128 cm³/mol. The second-order valence-electron chi connectivity index (χ2n) is 9.07. The molecule has 0 unspecified atom stereocenters. The molecule has 0 amide bonds. The van der Waals surface area contributed by atoms with E-state index in [1.807, 2.05) is 6.07 Å². The number of aromatic nitrogens is 6. The lowest BCUT2D eigenvalue weighted by Gasteiger charge is -2.31. The van der Waals surface area contributed by atoms with E-state index in [0.717, 1.165) is 86.6 Å². The van der Waals surface area contributed by atoms with Crippen molar-refractivity contribution in [2.75, 3.05) is 31.2 Å². The van der Waals surface area contributed by atoms with Crippen LogP contribution in [0.25, 0.3) is 22.6 Å². The zero-order valence-electron chi connectivity index (χ0n) is 19.4. The molecular weight excluding hydrogens is 446 g/mol. The molecule has 35 heavy (non-hydrogen) atoms. The van der Waals surface area contributed by atoms with Crippen LogP contribution in [0.3, 0.4) is 0 Å². The molecule has 0 bridgehead atoms. The average molecular weight is 474 g/mol. The summed E-state index contributed by atoms with van der Waals surface area (Å²) in [6.07, 6.45) is 11.6. The summed E-state index contributed by atoms with van der Waals surface area (Å²) in [7, 11) is 0. The van der Waals surface area contributed by atoms with Crippen LogP contribution in [0.1, 0.15) is 31.4 Å². The van der Waals surface area contributed by atoms with Crippen LogP contribution in [0, 0.1) is 5.92 Å². The quantitative estimate of drug-likeness (QED) is 0.412. The van der Waals surface area contributed by atoms with E-state index in [1.165, 1.54) is 6.39 Å². The maximum Gasteiger partial charge on any atom is 0.266 e. The fourth-order valence-electron chi connectivity index (χ4n) is 4.96. The van der Waals surface area contributed by atoms with Crippen LogP contribution in [-0.2, 0) is 11.2 Å². The Hall–Kier alpha value is -3.66. The first-order chi connectivity index (χ1) is 17.3. The molecule has 6 rings (SSSR count). The van der Waals surface area contributed by atoms with E-state index in [2.05, 4.69) is 47.2 Å². The van der Waals surface area contributed by atoms with Crippen molar-refractivity contribution in [3.05, 3.63) is 49.0 Å². The number of fused-ring (bicyclic) bond motifs is 1. The summed E-state index contributed by atoms with van der Waals surface area (Å²) in [5, 5.41) is 7.67. The number of benzene rings is 1. The van der Waals surface area contributed by atoms with Gasteiger partial charge in [-0.15, -0.1) is 10.2 Å². The topological polar surface area (TPSA) is 112 Å². The van der Waals surface area contributed by atoms with Crippen molar-refractivity contribution in [2.24, 2.45) is 5.92 Å². The molecule has 10 heteroatoms. The Labute approximate surface area is 202 Å². The molecule has 1 aromatic carbocycles. The molecule has 1 aliphatic heterocycles. The number of anilines is 1. The molecule has 2 fully saturated rings. The molecule has 0 radical (unpaired) electrons. The highest BCUT2D eigenvalue weighted by Crippen LogP contribution is 2.34. The van der Waals surface area contributed by atoms with Gasteiger partial charge in [0.25, 0.3) is 5.89 Å². The Morgan fingerprint density at radius 1 is 0.943 bits per heavy atom. The Bertz CT molecular complexity index is 1270. The summed E-state index contributed by atoms with van der Waals surface area (Å²) in [6, 6.07) is 6.16. The molecule has 3 aromatic heterocycles. The van der Waals surface area contributed by atoms with Crippen LogP contribution >= 0.6 is 0 Å². The van der Waals surface area contributed by atoms with E-state index in [0.29, 0.717) is 17.5 Å². The van der Waals surface area contributed by atoms with Gasteiger partial charge in [0.15, 0.2) is 0 Å². The molecule has 4 heterocycles. The Balaban J connectivity index is 1.12. The van der Waals surface area contributed by atoms with Gasteiger partial charge in [-0.2, -0.15) is 0 Å². The summed E-state index contributed by atoms with van der Waals surface area (Å²) in [4.78, 5) is 20.2. The molecule has 0 atom stereocenters. The average Bonchev–Trinajstić information content (AvgIpc) is 3.46. The van der Waals surface area contributed by atoms with Crippen molar-refractivity contribution in [3.8, 4) is 17.3 Å². The van der Waals surface area contributed by atoms with Crippen molar-refractivity contribution in [1.82, 2.24) is 30.1 Å². The zero-order chi connectivity index (χ0) is 23.5. The van der Waals surface area contributed by atoms with E-state index in [-0.39, 0.29) is 6.10 Å².